The average Bonchev–Trinajstić information content (AvgIpc) is 3.18. The van der Waals surface area contributed by atoms with Gasteiger partial charge in [-0.1, -0.05) is 43.5 Å². The van der Waals surface area contributed by atoms with Crippen molar-refractivity contribution in [2.45, 2.75) is 83.5 Å². The van der Waals surface area contributed by atoms with Crippen LogP contribution >= 0.6 is 0 Å². The summed E-state index contributed by atoms with van der Waals surface area (Å²) in [5.74, 6) is 3.51. The predicted octanol–water partition coefficient (Wildman–Crippen LogP) is 6.88. The van der Waals surface area contributed by atoms with Gasteiger partial charge in [0.2, 0.25) is 5.91 Å². The third-order valence-electron chi connectivity index (χ3n) is 10.5. The first-order valence-corrected chi connectivity index (χ1v) is 18.3. The highest BCUT2D eigenvalue weighted by atomic mass is 16.6. The maximum absolute atomic E-state index is 13.5. The number of pyridine rings is 1. The number of ether oxygens (including phenoxy) is 5. The quantitative estimate of drug-likeness (QED) is 0.161. The van der Waals surface area contributed by atoms with E-state index in [1.165, 1.54) is 39.2 Å². The fourth-order valence-corrected chi connectivity index (χ4v) is 7.17. The normalized spacial score (nSPS) is 18.8. The van der Waals surface area contributed by atoms with E-state index < -0.39 is 18.1 Å². The van der Waals surface area contributed by atoms with Crippen LogP contribution < -0.4 is 29.6 Å². The molecule has 272 valence electrons. The maximum Gasteiger partial charge on any atom is 0.328 e. The van der Waals surface area contributed by atoms with Crippen LogP contribution in [-0.4, -0.2) is 49.3 Å². The SMILES string of the molecule is COC(=O)C(Cc1ccc(Oc2ccnc(C)c2C)cc1)NC(=O)C1Cc2cc3c(cc2CN1)OC(c1ccc(OCC2CCCCC2)cc1)CO3. The number of benzene rings is 3. The second kappa shape index (κ2) is 16.1. The van der Waals surface area contributed by atoms with Crippen molar-refractivity contribution >= 4 is 11.9 Å². The molecule has 3 heterocycles. The summed E-state index contributed by atoms with van der Waals surface area (Å²) in [6.07, 6.45) is 8.67. The van der Waals surface area contributed by atoms with Gasteiger partial charge in [0.05, 0.1) is 19.8 Å². The van der Waals surface area contributed by atoms with Crippen LogP contribution in [0.5, 0.6) is 28.7 Å². The summed E-state index contributed by atoms with van der Waals surface area (Å²) in [5, 5.41) is 6.26. The number of fused-ring (bicyclic) bond motifs is 2. The predicted molar refractivity (Wildman–Crippen MR) is 196 cm³/mol. The van der Waals surface area contributed by atoms with Gasteiger partial charge in [-0.2, -0.15) is 0 Å². The monoisotopic (exact) mass is 705 g/mol. The highest BCUT2D eigenvalue weighted by molar-refractivity contribution is 5.88. The molecular weight excluding hydrogens is 658 g/mol. The molecule has 4 aromatic rings. The first kappa shape index (κ1) is 35.3. The summed E-state index contributed by atoms with van der Waals surface area (Å²) in [4.78, 5) is 30.6. The molecule has 2 N–H and O–H groups in total. The molecule has 1 aromatic heterocycles. The van der Waals surface area contributed by atoms with Crippen LogP contribution in [0, 0.1) is 19.8 Å². The molecule has 3 aromatic carbocycles. The molecule has 2 aliphatic heterocycles. The van der Waals surface area contributed by atoms with E-state index in [9.17, 15) is 9.59 Å². The maximum atomic E-state index is 13.5. The summed E-state index contributed by atoms with van der Waals surface area (Å²) >= 11 is 0. The van der Waals surface area contributed by atoms with E-state index in [0.717, 1.165) is 51.6 Å². The molecule has 10 nitrogen and oxygen atoms in total. The molecular formula is C42H47N3O7. The van der Waals surface area contributed by atoms with Crippen molar-refractivity contribution in [2.75, 3.05) is 20.3 Å². The smallest absolute Gasteiger partial charge is 0.328 e. The standard InChI is InChI=1S/C42H47N3O7/c1-26-27(2)43-18-17-37(26)51-34-13-9-28(10-14-34)19-36(42(47)48-3)45-41(46)35-20-31-21-38-39(22-32(31)23-44-35)52-40(25-50-38)30-11-15-33(16-12-30)49-24-29-7-5-4-6-8-29/h9-18,21-22,29,35-36,40,44H,4-8,19-20,23-25H2,1-3H3,(H,45,46). The molecule has 1 aliphatic carbocycles. The minimum absolute atomic E-state index is 0.234. The number of esters is 1. The Morgan fingerprint density at radius 3 is 2.46 bits per heavy atom. The number of rotatable bonds is 11. The number of methoxy groups -OCH3 is 1. The largest absolute Gasteiger partial charge is 0.493 e. The van der Waals surface area contributed by atoms with Crippen LogP contribution in [-0.2, 0) is 33.7 Å². The second-order valence-electron chi connectivity index (χ2n) is 14.1. The van der Waals surface area contributed by atoms with Crippen molar-refractivity contribution in [3.05, 3.63) is 106 Å². The topological polar surface area (TPSA) is 117 Å². The summed E-state index contributed by atoms with van der Waals surface area (Å²) in [5.41, 5.74) is 5.81. The van der Waals surface area contributed by atoms with Crippen LogP contribution in [0.15, 0.2) is 72.9 Å². The fourth-order valence-electron chi connectivity index (χ4n) is 7.17. The van der Waals surface area contributed by atoms with Crippen molar-refractivity contribution < 1.29 is 33.3 Å². The number of nitrogens with one attached hydrogen (secondary N) is 2. The molecule has 0 saturated heterocycles. The lowest BCUT2D eigenvalue weighted by Gasteiger charge is -2.31. The van der Waals surface area contributed by atoms with Gasteiger partial charge < -0.3 is 34.3 Å². The molecule has 10 heteroatoms. The third kappa shape index (κ3) is 8.34. The lowest BCUT2D eigenvalue weighted by Crippen LogP contribution is -2.53. The number of aryl methyl sites for hydroxylation is 1. The summed E-state index contributed by atoms with van der Waals surface area (Å²) in [6.45, 7) is 5.54. The summed E-state index contributed by atoms with van der Waals surface area (Å²) in [6, 6.07) is 20.0. The number of nitrogens with zero attached hydrogens (tertiary/aromatic N) is 1. The van der Waals surface area contributed by atoms with Crippen molar-refractivity contribution in [2.24, 2.45) is 5.92 Å². The zero-order valence-electron chi connectivity index (χ0n) is 30.1. The Balaban J connectivity index is 0.939. The Morgan fingerprint density at radius 2 is 1.69 bits per heavy atom. The van der Waals surface area contributed by atoms with Crippen LogP contribution in [0.2, 0.25) is 0 Å². The van der Waals surface area contributed by atoms with E-state index in [1.54, 1.807) is 6.20 Å². The second-order valence-corrected chi connectivity index (χ2v) is 14.1. The van der Waals surface area contributed by atoms with Gasteiger partial charge in [0.25, 0.3) is 0 Å². The van der Waals surface area contributed by atoms with E-state index >= 15 is 0 Å². The number of aromatic nitrogens is 1. The minimum atomic E-state index is -0.854. The first-order chi connectivity index (χ1) is 25.3. The lowest BCUT2D eigenvalue weighted by atomic mass is 9.90. The molecule has 52 heavy (non-hydrogen) atoms. The molecule has 3 aliphatic rings. The Labute approximate surface area is 305 Å². The highest BCUT2D eigenvalue weighted by Crippen LogP contribution is 2.40. The first-order valence-electron chi connectivity index (χ1n) is 18.3. The number of carbonyl (C=O) groups is 2. The zero-order valence-corrected chi connectivity index (χ0v) is 30.1. The van der Waals surface area contributed by atoms with Crippen molar-refractivity contribution in [3.8, 4) is 28.7 Å². The average molecular weight is 706 g/mol. The zero-order chi connectivity index (χ0) is 36.0. The van der Waals surface area contributed by atoms with Gasteiger partial charge in [0, 0.05) is 30.4 Å². The van der Waals surface area contributed by atoms with Gasteiger partial charge in [-0.25, -0.2) is 4.79 Å². The summed E-state index contributed by atoms with van der Waals surface area (Å²) < 4.78 is 29.8. The number of hydrogen-bond acceptors (Lipinski definition) is 9. The molecule has 1 fully saturated rings. The van der Waals surface area contributed by atoms with Gasteiger partial charge in [-0.05, 0) is 104 Å². The van der Waals surface area contributed by atoms with Gasteiger partial charge >= 0.3 is 5.97 Å². The molecule has 0 spiro atoms. The van der Waals surface area contributed by atoms with Gasteiger partial charge in [0.15, 0.2) is 17.6 Å². The fraction of sp³-hybridized carbons (Fsp3) is 0.405. The Morgan fingerprint density at radius 1 is 0.942 bits per heavy atom. The molecule has 3 atom stereocenters. The van der Waals surface area contributed by atoms with Crippen molar-refractivity contribution in [1.29, 1.82) is 0 Å². The molecule has 3 unspecified atom stereocenters. The number of amides is 1. The molecule has 0 radical (unpaired) electrons. The van der Waals surface area contributed by atoms with E-state index in [2.05, 4.69) is 27.8 Å². The van der Waals surface area contributed by atoms with E-state index in [1.807, 2.05) is 68.4 Å². The van der Waals surface area contributed by atoms with Crippen LogP contribution in [0.25, 0.3) is 0 Å². The van der Waals surface area contributed by atoms with E-state index in [4.69, 9.17) is 23.7 Å². The number of carbonyl (C=O) groups excluding carboxylic acids is 2. The Hall–Kier alpha value is -5.09. The summed E-state index contributed by atoms with van der Waals surface area (Å²) in [7, 11) is 1.32. The Bertz CT molecular complexity index is 1870. The minimum Gasteiger partial charge on any atom is -0.493 e. The number of hydrogen-bond donors (Lipinski definition) is 2. The lowest BCUT2D eigenvalue weighted by molar-refractivity contribution is -0.145. The van der Waals surface area contributed by atoms with Crippen molar-refractivity contribution in [1.82, 2.24) is 15.6 Å². The van der Waals surface area contributed by atoms with Gasteiger partial charge in [-0.15, -0.1) is 0 Å². The highest BCUT2D eigenvalue weighted by Gasteiger charge is 2.31. The van der Waals surface area contributed by atoms with E-state index in [-0.39, 0.29) is 18.4 Å². The van der Waals surface area contributed by atoms with Crippen LogP contribution in [0.4, 0.5) is 0 Å². The Kier molecular flexibility index (Phi) is 10.9. The molecule has 1 amide bonds. The molecule has 7 rings (SSSR count). The van der Waals surface area contributed by atoms with E-state index in [0.29, 0.717) is 42.7 Å². The van der Waals surface area contributed by atoms with Crippen molar-refractivity contribution in [3.63, 3.8) is 0 Å². The third-order valence-corrected chi connectivity index (χ3v) is 10.5. The van der Waals surface area contributed by atoms with Crippen LogP contribution in [0.1, 0.15) is 71.7 Å². The molecule has 0 bridgehead atoms. The van der Waals surface area contributed by atoms with Gasteiger partial charge in [0.1, 0.15) is 29.9 Å². The molecule has 1 saturated carbocycles. The van der Waals surface area contributed by atoms with Crippen LogP contribution in [0.3, 0.4) is 0 Å². The van der Waals surface area contributed by atoms with Gasteiger partial charge in [-0.3, -0.25) is 9.78 Å².